The fourth-order valence-electron chi connectivity index (χ4n) is 9.23. The minimum absolute atomic E-state index is 0.718. The second kappa shape index (κ2) is 51.4. The lowest BCUT2D eigenvalue weighted by atomic mass is 10.0. The van der Waals surface area contributed by atoms with E-state index in [1.165, 1.54) is 308 Å². The third-order valence-corrected chi connectivity index (χ3v) is 13.6. The van der Waals surface area contributed by atoms with Gasteiger partial charge < -0.3 is 16.0 Å². The van der Waals surface area contributed by atoms with Gasteiger partial charge in [0.25, 0.3) is 0 Å². The van der Waals surface area contributed by atoms with E-state index in [0.717, 1.165) is 37.5 Å². The summed E-state index contributed by atoms with van der Waals surface area (Å²) in [5, 5.41) is 10.6. The molecule has 6 nitrogen and oxygen atoms in total. The van der Waals surface area contributed by atoms with E-state index in [0.29, 0.717) is 0 Å². The molecule has 0 saturated heterocycles. The van der Waals surface area contributed by atoms with E-state index in [2.05, 4.69) is 36.7 Å². The molecule has 0 radical (unpaired) electrons. The molecule has 0 amide bonds. The lowest BCUT2D eigenvalue weighted by Crippen LogP contribution is -2.14. The summed E-state index contributed by atoms with van der Waals surface area (Å²) in [6.07, 6.45) is 67.1. The molecular formula is C57H114N6. The Labute approximate surface area is 395 Å². The number of aromatic nitrogens is 3. The molecule has 1 aromatic heterocycles. The molecule has 0 aliphatic rings. The van der Waals surface area contributed by atoms with Crippen molar-refractivity contribution in [3.63, 3.8) is 0 Å². The molecule has 0 bridgehead atoms. The number of anilines is 3. The number of hydrogen-bond donors (Lipinski definition) is 3. The minimum Gasteiger partial charge on any atom is -0.354 e. The number of hydrogen-bond acceptors (Lipinski definition) is 6. The van der Waals surface area contributed by atoms with Crippen LogP contribution in [-0.4, -0.2) is 34.6 Å². The van der Waals surface area contributed by atoms with Crippen molar-refractivity contribution in [1.29, 1.82) is 0 Å². The van der Waals surface area contributed by atoms with Gasteiger partial charge in [-0.1, -0.05) is 310 Å². The van der Waals surface area contributed by atoms with E-state index in [9.17, 15) is 0 Å². The van der Waals surface area contributed by atoms with Crippen LogP contribution >= 0.6 is 0 Å². The van der Waals surface area contributed by atoms with Crippen LogP contribution in [0.15, 0.2) is 0 Å². The summed E-state index contributed by atoms with van der Waals surface area (Å²) in [5.74, 6) is 2.15. The average molecular weight is 884 g/mol. The van der Waals surface area contributed by atoms with Gasteiger partial charge in [0.05, 0.1) is 0 Å². The van der Waals surface area contributed by atoms with Gasteiger partial charge in [-0.05, 0) is 19.3 Å². The van der Waals surface area contributed by atoms with Gasteiger partial charge in [-0.2, -0.15) is 15.0 Å². The van der Waals surface area contributed by atoms with E-state index in [4.69, 9.17) is 15.0 Å². The van der Waals surface area contributed by atoms with Crippen molar-refractivity contribution in [3.8, 4) is 0 Å². The highest BCUT2D eigenvalue weighted by atomic mass is 15.3. The summed E-state index contributed by atoms with van der Waals surface area (Å²) >= 11 is 0. The molecule has 0 fully saturated rings. The average Bonchev–Trinajstić information content (AvgIpc) is 3.29. The topological polar surface area (TPSA) is 74.8 Å². The molecule has 63 heavy (non-hydrogen) atoms. The molecule has 0 unspecified atom stereocenters. The van der Waals surface area contributed by atoms with E-state index in [1.807, 2.05) is 0 Å². The lowest BCUT2D eigenvalue weighted by Gasteiger charge is -2.12. The van der Waals surface area contributed by atoms with Crippen molar-refractivity contribution in [1.82, 2.24) is 15.0 Å². The van der Waals surface area contributed by atoms with E-state index in [1.54, 1.807) is 0 Å². The Balaban J connectivity index is 2.25. The SMILES string of the molecule is CCCCCCCCCCCCCCCCCCNc1nc(NCCCCCCCCCCCCCCCCCC)nc(NCCCCCCCCCCCCCCCCCC)n1. The Morgan fingerprint density at radius 2 is 0.317 bits per heavy atom. The Hall–Kier alpha value is -1.59. The Bertz CT molecular complexity index is 867. The first kappa shape index (κ1) is 59.4. The summed E-state index contributed by atoms with van der Waals surface area (Å²) in [5.41, 5.74) is 0. The van der Waals surface area contributed by atoms with Crippen LogP contribution in [-0.2, 0) is 0 Å². The van der Waals surface area contributed by atoms with Crippen molar-refractivity contribution in [2.45, 2.75) is 329 Å². The van der Waals surface area contributed by atoms with Gasteiger partial charge in [-0.15, -0.1) is 0 Å². The maximum atomic E-state index is 4.80. The zero-order valence-electron chi connectivity index (χ0n) is 43.4. The first-order valence-electron chi connectivity index (χ1n) is 29.3. The van der Waals surface area contributed by atoms with Crippen LogP contribution in [0.1, 0.15) is 329 Å². The fourth-order valence-corrected chi connectivity index (χ4v) is 9.23. The van der Waals surface area contributed by atoms with E-state index >= 15 is 0 Å². The molecule has 372 valence electrons. The van der Waals surface area contributed by atoms with Crippen LogP contribution in [0.25, 0.3) is 0 Å². The molecular weight excluding hydrogens is 769 g/mol. The highest BCUT2D eigenvalue weighted by Crippen LogP contribution is 2.18. The van der Waals surface area contributed by atoms with E-state index < -0.39 is 0 Å². The summed E-state index contributed by atoms with van der Waals surface area (Å²) < 4.78 is 0. The Kier molecular flexibility index (Phi) is 48.5. The van der Waals surface area contributed by atoms with Crippen LogP contribution < -0.4 is 16.0 Å². The molecule has 0 aliphatic carbocycles. The minimum atomic E-state index is 0.718. The number of nitrogens with one attached hydrogen (secondary N) is 3. The molecule has 0 aliphatic heterocycles. The lowest BCUT2D eigenvalue weighted by molar-refractivity contribution is 0.530. The number of unbranched alkanes of at least 4 members (excludes halogenated alkanes) is 45. The van der Waals surface area contributed by atoms with Gasteiger partial charge in [0.2, 0.25) is 17.8 Å². The van der Waals surface area contributed by atoms with Gasteiger partial charge in [0, 0.05) is 19.6 Å². The van der Waals surface area contributed by atoms with Crippen LogP contribution in [0.3, 0.4) is 0 Å². The predicted molar refractivity (Wildman–Crippen MR) is 284 cm³/mol. The highest BCUT2D eigenvalue weighted by Gasteiger charge is 2.07. The summed E-state index contributed by atoms with van der Waals surface area (Å²) in [6.45, 7) is 9.71. The molecule has 6 heteroatoms. The number of nitrogens with zero attached hydrogens (tertiary/aromatic N) is 3. The standard InChI is InChI=1S/C57H114N6/c1-4-7-10-13-16-19-22-25-28-31-34-37-40-43-46-49-52-58-55-61-56(59-53-50-47-44-41-38-35-32-29-26-23-20-17-14-11-8-5-2)63-57(62-55)60-54-51-48-45-42-39-36-33-30-27-24-21-18-15-12-9-6-3/h4-54H2,1-3H3,(H3,58,59,60,61,62,63). The van der Waals surface area contributed by atoms with Crippen molar-refractivity contribution in [2.75, 3.05) is 35.6 Å². The predicted octanol–water partition coefficient (Wildman–Crippen LogP) is 19.9. The molecule has 3 N–H and O–H groups in total. The maximum Gasteiger partial charge on any atom is 0.229 e. The van der Waals surface area contributed by atoms with Crippen LogP contribution in [0.2, 0.25) is 0 Å². The molecule has 0 spiro atoms. The molecule has 1 aromatic rings. The van der Waals surface area contributed by atoms with Gasteiger partial charge in [-0.3, -0.25) is 0 Å². The van der Waals surface area contributed by atoms with Gasteiger partial charge in [-0.25, -0.2) is 0 Å². The van der Waals surface area contributed by atoms with Crippen molar-refractivity contribution < 1.29 is 0 Å². The van der Waals surface area contributed by atoms with Gasteiger partial charge >= 0.3 is 0 Å². The summed E-state index contributed by atoms with van der Waals surface area (Å²) in [4.78, 5) is 14.4. The summed E-state index contributed by atoms with van der Waals surface area (Å²) in [7, 11) is 0. The summed E-state index contributed by atoms with van der Waals surface area (Å²) in [6, 6.07) is 0. The smallest absolute Gasteiger partial charge is 0.229 e. The number of rotatable bonds is 54. The van der Waals surface area contributed by atoms with Crippen LogP contribution in [0, 0.1) is 0 Å². The first-order valence-corrected chi connectivity index (χ1v) is 29.3. The second-order valence-electron chi connectivity index (χ2n) is 20.0. The second-order valence-corrected chi connectivity index (χ2v) is 20.0. The highest BCUT2D eigenvalue weighted by molar-refractivity contribution is 5.42. The molecule has 0 aromatic carbocycles. The quantitative estimate of drug-likeness (QED) is 0.0566. The van der Waals surface area contributed by atoms with E-state index in [-0.39, 0.29) is 0 Å². The zero-order valence-corrected chi connectivity index (χ0v) is 43.4. The molecule has 1 rings (SSSR count). The molecule has 0 atom stereocenters. The Morgan fingerprint density at radius 3 is 0.460 bits per heavy atom. The first-order chi connectivity index (χ1) is 31.3. The van der Waals surface area contributed by atoms with Crippen LogP contribution in [0.5, 0.6) is 0 Å². The third kappa shape index (κ3) is 45.4. The van der Waals surface area contributed by atoms with Crippen LogP contribution in [0.4, 0.5) is 17.8 Å². The largest absolute Gasteiger partial charge is 0.354 e. The fraction of sp³-hybridized carbons (Fsp3) is 0.947. The normalized spacial score (nSPS) is 11.5. The van der Waals surface area contributed by atoms with Gasteiger partial charge in [0.15, 0.2) is 0 Å². The van der Waals surface area contributed by atoms with Crippen molar-refractivity contribution in [3.05, 3.63) is 0 Å². The maximum absolute atomic E-state index is 4.80. The zero-order chi connectivity index (χ0) is 45.0. The Morgan fingerprint density at radius 1 is 0.190 bits per heavy atom. The van der Waals surface area contributed by atoms with Crippen molar-refractivity contribution >= 4 is 17.8 Å². The molecule has 0 saturated carbocycles. The molecule has 1 heterocycles. The monoisotopic (exact) mass is 883 g/mol. The van der Waals surface area contributed by atoms with Gasteiger partial charge in [0.1, 0.15) is 0 Å². The van der Waals surface area contributed by atoms with Crippen molar-refractivity contribution in [2.24, 2.45) is 0 Å². The third-order valence-electron chi connectivity index (χ3n) is 13.6.